The summed E-state index contributed by atoms with van der Waals surface area (Å²) in [5, 5.41) is 10.8. The van der Waals surface area contributed by atoms with Gasteiger partial charge in [-0.1, -0.05) is 6.08 Å². The molecular weight excluding hydrogens is 130 g/mol. The van der Waals surface area contributed by atoms with E-state index in [-0.39, 0.29) is 6.10 Å². The van der Waals surface area contributed by atoms with E-state index >= 15 is 0 Å². The fourth-order valence-corrected chi connectivity index (χ4v) is 0.432. The average molecular weight is 143 g/mol. The maximum atomic E-state index is 7.98. The van der Waals surface area contributed by atoms with Crippen molar-refractivity contribution < 1.29 is 9.94 Å². The van der Waals surface area contributed by atoms with Gasteiger partial charge in [0.15, 0.2) is 0 Å². The van der Waals surface area contributed by atoms with E-state index < -0.39 is 0 Å². The maximum absolute atomic E-state index is 7.98. The van der Waals surface area contributed by atoms with Crippen LogP contribution in [0.25, 0.3) is 0 Å². The summed E-state index contributed by atoms with van der Waals surface area (Å²) >= 11 is 0. The summed E-state index contributed by atoms with van der Waals surface area (Å²) < 4.78 is 5.17. The first-order valence-corrected chi connectivity index (χ1v) is 3.21. The summed E-state index contributed by atoms with van der Waals surface area (Å²) in [5.74, 6) is 0. The Bertz CT molecular complexity index is 112. The fraction of sp³-hybridized carbons (Fsp3) is 0.571. The summed E-state index contributed by atoms with van der Waals surface area (Å²) in [6.07, 6.45) is 3.83. The Balaban J connectivity index is 3.11. The standard InChI is InChI=1S/C7H13NO2/c1-3-7(2)10-6-4-5-8-9/h3,5,7,9H,1,4,6H2,2H3/b8-5+. The highest BCUT2D eigenvalue weighted by Crippen LogP contribution is 1.90. The predicted octanol–water partition coefficient (Wildman–Crippen LogP) is 1.43. The quantitative estimate of drug-likeness (QED) is 0.208. The molecule has 0 aliphatic rings. The topological polar surface area (TPSA) is 41.8 Å². The molecule has 0 aliphatic heterocycles. The molecule has 58 valence electrons. The maximum Gasteiger partial charge on any atom is 0.0725 e. The first-order valence-electron chi connectivity index (χ1n) is 3.21. The summed E-state index contributed by atoms with van der Waals surface area (Å²) in [6.45, 7) is 6.02. The average Bonchev–Trinajstić information content (AvgIpc) is 1.98. The van der Waals surface area contributed by atoms with Crippen LogP contribution in [-0.2, 0) is 4.74 Å². The molecule has 1 N–H and O–H groups in total. The molecule has 3 nitrogen and oxygen atoms in total. The van der Waals surface area contributed by atoms with Gasteiger partial charge in [-0.25, -0.2) is 0 Å². The molecule has 0 spiro atoms. The molecule has 0 amide bonds. The number of hydrogen-bond acceptors (Lipinski definition) is 3. The fourth-order valence-electron chi connectivity index (χ4n) is 0.432. The Labute approximate surface area is 61.0 Å². The van der Waals surface area contributed by atoms with Crippen LogP contribution in [0.3, 0.4) is 0 Å². The highest BCUT2D eigenvalue weighted by molar-refractivity contribution is 5.56. The van der Waals surface area contributed by atoms with Crippen LogP contribution in [0.1, 0.15) is 13.3 Å². The Hall–Kier alpha value is -0.830. The molecule has 0 aliphatic carbocycles. The van der Waals surface area contributed by atoms with Crippen molar-refractivity contribution in [2.24, 2.45) is 5.16 Å². The van der Waals surface area contributed by atoms with Crippen LogP contribution in [0.2, 0.25) is 0 Å². The normalized spacial score (nSPS) is 13.7. The third-order valence-corrected chi connectivity index (χ3v) is 1.04. The van der Waals surface area contributed by atoms with Crippen molar-refractivity contribution >= 4 is 6.21 Å². The van der Waals surface area contributed by atoms with E-state index in [9.17, 15) is 0 Å². The number of nitrogens with zero attached hydrogens (tertiary/aromatic N) is 1. The molecule has 1 unspecified atom stereocenters. The molecule has 0 saturated carbocycles. The summed E-state index contributed by atoms with van der Waals surface area (Å²) in [7, 11) is 0. The van der Waals surface area contributed by atoms with Crippen LogP contribution in [0, 0.1) is 0 Å². The molecule has 10 heavy (non-hydrogen) atoms. The third kappa shape index (κ3) is 5.31. The van der Waals surface area contributed by atoms with E-state index in [0.29, 0.717) is 13.0 Å². The van der Waals surface area contributed by atoms with Gasteiger partial charge in [-0.3, -0.25) is 0 Å². The van der Waals surface area contributed by atoms with Gasteiger partial charge in [0.1, 0.15) is 0 Å². The zero-order valence-electron chi connectivity index (χ0n) is 6.16. The van der Waals surface area contributed by atoms with Crippen molar-refractivity contribution in [3.05, 3.63) is 12.7 Å². The van der Waals surface area contributed by atoms with Gasteiger partial charge in [0.05, 0.1) is 12.7 Å². The molecule has 0 radical (unpaired) electrons. The minimum Gasteiger partial charge on any atom is -0.411 e. The number of oxime groups is 1. The van der Waals surface area contributed by atoms with E-state index in [0.717, 1.165) is 0 Å². The number of ether oxygens (including phenoxy) is 1. The molecule has 0 rings (SSSR count). The van der Waals surface area contributed by atoms with Crippen LogP contribution < -0.4 is 0 Å². The lowest BCUT2D eigenvalue weighted by molar-refractivity contribution is 0.104. The van der Waals surface area contributed by atoms with E-state index in [1.165, 1.54) is 6.21 Å². The third-order valence-electron chi connectivity index (χ3n) is 1.04. The lowest BCUT2D eigenvalue weighted by Crippen LogP contribution is -2.05. The molecule has 0 heterocycles. The lowest BCUT2D eigenvalue weighted by atomic mass is 10.4. The first-order chi connectivity index (χ1) is 4.81. The Morgan fingerprint density at radius 1 is 1.80 bits per heavy atom. The Morgan fingerprint density at radius 2 is 2.50 bits per heavy atom. The molecule has 0 fully saturated rings. The van der Waals surface area contributed by atoms with Crippen LogP contribution in [-0.4, -0.2) is 24.1 Å². The molecule has 0 aromatic heterocycles. The van der Waals surface area contributed by atoms with Crippen LogP contribution in [0.15, 0.2) is 17.8 Å². The Kier molecular flexibility index (Phi) is 5.77. The summed E-state index contributed by atoms with van der Waals surface area (Å²) in [5.41, 5.74) is 0. The molecule has 0 saturated heterocycles. The molecule has 3 heteroatoms. The highest BCUT2D eigenvalue weighted by Gasteiger charge is 1.92. The minimum atomic E-state index is 0.0760. The Morgan fingerprint density at radius 3 is 3.00 bits per heavy atom. The lowest BCUT2D eigenvalue weighted by Gasteiger charge is -2.04. The SMILES string of the molecule is C=CC(C)OCC/C=N/O. The van der Waals surface area contributed by atoms with Gasteiger partial charge in [0, 0.05) is 12.6 Å². The van der Waals surface area contributed by atoms with E-state index in [4.69, 9.17) is 9.94 Å². The molecule has 0 aromatic carbocycles. The zero-order valence-corrected chi connectivity index (χ0v) is 6.16. The van der Waals surface area contributed by atoms with Crippen molar-refractivity contribution in [2.45, 2.75) is 19.4 Å². The van der Waals surface area contributed by atoms with Gasteiger partial charge in [-0.2, -0.15) is 0 Å². The summed E-state index contributed by atoms with van der Waals surface area (Å²) in [6, 6.07) is 0. The second-order valence-corrected chi connectivity index (χ2v) is 1.90. The van der Waals surface area contributed by atoms with Crippen LogP contribution in [0.4, 0.5) is 0 Å². The highest BCUT2D eigenvalue weighted by atomic mass is 16.5. The zero-order chi connectivity index (χ0) is 7.82. The molecule has 0 aromatic rings. The smallest absolute Gasteiger partial charge is 0.0725 e. The van der Waals surface area contributed by atoms with Gasteiger partial charge >= 0.3 is 0 Å². The van der Waals surface area contributed by atoms with E-state index in [2.05, 4.69) is 11.7 Å². The predicted molar refractivity (Wildman–Crippen MR) is 40.5 cm³/mol. The molecule has 1 atom stereocenters. The minimum absolute atomic E-state index is 0.0760. The molecule has 0 bridgehead atoms. The number of hydrogen-bond donors (Lipinski definition) is 1. The molecular formula is C7H13NO2. The number of rotatable bonds is 5. The van der Waals surface area contributed by atoms with Gasteiger partial charge in [0.25, 0.3) is 0 Å². The second-order valence-electron chi connectivity index (χ2n) is 1.90. The first kappa shape index (κ1) is 9.17. The monoisotopic (exact) mass is 143 g/mol. The second kappa shape index (κ2) is 6.29. The van der Waals surface area contributed by atoms with E-state index in [1.54, 1.807) is 6.08 Å². The van der Waals surface area contributed by atoms with Crippen molar-refractivity contribution in [3.63, 3.8) is 0 Å². The van der Waals surface area contributed by atoms with Gasteiger partial charge < -0.3 is 9.94 Å². The van der Waals surface area contributed by atoms with Gasteiger partial charge in [-0.15, -0.1) is 11.7 Å². The van der Waals surface area contributed by atoms with Crippen LogP contribution in [0.5, 0.6) is 0 Å². The van der Waals surface area contributed by atoms with Crippen LogP contribution >= 0.6 is 0 Å². The van der Waals surface area contributed by atoms with Gasteiger partial charge in [0.2, 0.25) is 0 Å². The van der Waals surface area contributed by atoms with E-state index in [1.807, 2.05) is 6.92 Å². The van der Waals surface area contributed by atoms with Crippen molar-refractivity contribution in [1.82, 2.24) is 0 Å². The largest absolute Gasteiger partial charge is 0.411 e. The summed E-state index contributed by atoms with van der Waals surface area (Å²) in [4.78, 5) is 0. The van der Waals surface area contributed by atoms with Crippen molar-refractivity contribution in [1.29, 1.82) is 0 Å². The van der Waals surface area contributed by atoms with Crippen molar-refractivity contribution in [2.75, 3.05) is 6.61 Å². The van der Waals surface area contributed by atoms with Gasteiger partial charge in [-0.05, 0) is 6.92 Å². The van der Waals surface area contributed by atoms with Crippen molar-refractivity contribution in [3.8, 4) is 0 Å².